The molecule has 12 heteroatoms. The van der Waals surface area contributed by atoms with Gasteiger partial charge in [0.25, 0.3) is 0 Å². The number of carbonyl (C=O) groups is 1. The number of aromatic nitrogens is 2. The lowest BCUT2D eigenvalue weighted by Gasteiger charge is -2.18. The molecule has 4 N–H and O–H groups in total. The summed E-state index contributed by atoms with van der Waals surface area (Å²) in [5.41, 5.74) is 3.14. The fourth-order valence-electron chi connectivity index (χ4n) is 3.74. The van der Waals surface area contributed by atoms with Crippen molar-refractivity contribution in [1.29, 1.82) is 0 Å². The molecule has 2 unspecified atom stereocenters. The number of aliphatic hydroxyl groups excluding tert-OH is 1. The molecule has 0 aliphatic rings. The van der Waals surface area contributed by atoms with Gasteiger partial charge in [-0.3, -0.25) is 4.79 Å². The molecular weight excluding hydrogens is 530 g/mol. The lowest BCUT2D eigenvalue weighted by atomic mass is 10.1. The van der Waals surface area contributed by atoms with Crippen LogP contribution in [-0.2, 0) is 14.8 Å². The quantitative estimate of drug-likeness (QED) is 0.192. The second kappa shape index (κ2) is 11.9. The zero-order chi connectivity index (χ0) is 27.3. The molecule has 3 aromatic carbocycles. The molecular formula is C26H27N3O7S2. The average Bonchev–Trinajstić information content (AvgIpc) is 3.33. The van der Waals surface area contributed by atoms with Crippen LogP contribution in [0.1, 0.15) is 6.42 Å². The first-order chi connectivity index (χ1) is 18.2. The summed E-state index contributed by atoms with van der Waals surface area (Å²) in [5.74, 6) is 0.0884. The predicted molar refractivity (Wildman–Crippen MR) is 144 cm³/mol. The standard InChI is InChI=1S/C26H27N3O7S2/c1-35-19-7-3-16(4-8-19)17-5-10-21(11-6-17)38(33,34)29-24(25(31)32)13-18(30)15-37-26-27-22-12-9-20(36-2)14-23(22)28-26/h3-12,14,18,24,29-30H,13,15H2,1-2H3,(H,27,28)(H,31,32). The van der Waals surface area contributed by atoms with Gasteiger partial charge in [0, 0.05) is 18.2 Å². The molecule has 1 heterocycles. The molecule has 0 amide bonds. The number of carboxylic acid groups (broad SMARTS) is 1. The number of sulfonamides is 1. The number of hydrogen-bond donors (Lipinski definition) is 4. The van der Waals surface area contributed by atoms with E-state index in [9.17, 15) is 23.4 Å². The van der Waals surface area contributed by atoms with Gasteiger partial charge in [0.2, 0.25) is 10.0 Å². The van der Waals surface area contributed by atoms with Gasteiger partial charge in [-0.2, -0.15) is 4.72 Å². The van der Waals surface area contributed by atoms with Gasteiger partial charge in [-0.05, 0) is 47.5 Å². The van der Waals surface area contributed by atoms with Gasteiger partial charge in [0.15, 0.2) is 5.16 Å². The Balaban J connectivity index is 1.38. The molecule has 200 valence electrons. The summed E-state index contributed by atoms with van der Waals surface area (Å²) < 4.78 is 38.3. The number of thioether (sulfide) groups is 1. The van der Waals surface area contributed by atoms with E-state index in [1.165, 1.54) is 23.9 Å². The predicted octanol–water partition coefficient (Wildman–Crippen LogP) is 3.52. The van der Waals surface area contributed by atoms with Crippen LogP contribution in [0.15, 0.2) is 76.8 Å². The normalized spacial score (nSPS) is 13.2. The number of aliphatic carboxylic acids is 1. The number of H-pyrrole nitrogens is 1. The van der Waals surface area contributed by atoms with Crippen LogP contribution in [0.25, 0.3) is 22.2 Å². The number of ether oxygens (including phenoxy) is 2. The van der Waals surface area contributed by atoms with Crippen LogP contribution in [0.5, 0.6) is 11.5 Å². The minimum atomic E-state index is -4.15. The molecule has 0 aliphatic carbocycles. The monoisotopic (exact) mass is 557 g/mol. The van der Waals surface area contributed by atoms with Gasteiger partial charge in [-0.15, -0.1) is 0 Å². The lowest BCUT2D eigenvalue weighted by molar-refractivity contribution is -0.139. The van der Waals surface area contributed by atoms with Gasteiger partial charge < -0.3 is 24.7 Å². The number of rotatable bonds is 12. The Kier molecular flexibility index (Phi) is 8.57. The molecule has 0 aliphatic heterocycles. The molecule has 0 radical (unpaired) electrons. The van der Waals surface area contributed by atoms with E-state index in [0.29, 0.717) is 22.2 Å². The second-order valence-corrected chi connectivity index (χ2v) is 11.1. The molecule has 1 aromatic heterocycles. The highest BCUT2D eigenvalue weighted by atomic mass is 32.2. The third kappa shape index (κ3) is 6.64. The number of benzene rings is 3. The zero-order valence-corrected chi connectivity index (χ0v) is 22.3. The summed E-state index contributed by atoms with van der Waals surface area (Å²) in [5, 5.41) is 20.6. The van der Waals surface area contributed by atoms with E-state index >= 15 is 0 Å². The van der Waals surface area contributed by atoms with Crippen molar-refractivity contribution >= 4 is 38.8 Å². The Morgan fingerprint density at radius 3 is 2.21 bits per heavy atom. The highest BCUT2D eigenvalue weighted by Crippen LogP contribution is 2.25. The van der Waals surface area contributed by atoms with Crippen molar-refractivity contribution in [3.8, 4) is 22.6 Å². The third-order valence-corrected chi connectivity index (χ3v) is 8.28. The van der Waals surface area contributed by atoms with Gasteiger partial charge in [-0.1, -0.05) is 36.0 Å². The summed E-state index contributed by atoms with van der Waals surface area (Å²) in [6.45, 7) is 0. The van der Waals surface area contributed by atoms with Crippen LogP contribution in [0.2, 0.25) is 0 Å². The summed E-state index contributed by atoms with van der Waals surface area (Å²) in [6.07, 6.45) is -1.43. The van der Waals surface area contributed by atoms with Crippen LogP contribution in [-0.4, -0.2) is 66.7 Å². The third-order valence-electron chi connectivity index (χ3n) is 5.77. The summed E-state index contributed by atoms with van der Waals surface area (Å²) in [4.78, 5) is 19.3. The summed E-state index contributed by atoms with van der Waals surface area (Å²) >= 11 is 1.20. The first-order valence-corrected chi connectivity index (χ1v) is 14.0. The van der Waals surface area contributed by atoms with Gasteiger partial charge in [0.05, 0.1) is 36.3 Å². The number of aromatic amines is 1. The fourth-order valence-corrected chi connectivity index (χ4v) is 5.77. The van der Waals surface area contributed by atoms with Crippen molar-refractivity contribution in [3.63, 3.8) is 0 Å². The van der Waals surface area contributed by atoms with Crippen molar-refractivity contribution in [1.82, 2.24) is 14.7 Å². The molecule has 0 spiro atoms. The molecule has 0 fully saturated rings. The summed E-state index contributed by atoms with van der Waals surface area (Å²) in [7, 11) is -1.02. The maximum atomic E-state index is 12.9. The molecule has 10 nitrogen and oxygen atoms in total. The smallest absolute Gasteiger partial charge is 0.321 e. The van der Waals surface area contributed by atoms with Gasteiger partial charge in [-0.25, -0.2) is 13.4 Å². The van der Waals surface area contributed by atoms with E-state index in [4.69, 9.17) is 9.47 Å². The van der Waals surface area contributed by atoms with Gasteiger partial charge >= 0.3 is 5.97 Å². The largest absolute Gasteiger partial charge is 0.497 e. The Hall–Kier alpha value is -3.58. The average molecular weight is 558 g/mol. The van der Waals surface area contributed by atoms with Crippen LogP contribution < -0.4 is 14.2 Å². The Morgan fingerprint density at radius 2 is 1.61 bits per heavy atom. The molecule has 2 atom stereocenters. The SMILES string of the molecule is COc1ccc(-c2ccc(S(=O)(=O)NC(CC(O)CSc3nc4cc(OC)ccc4[nH]3)C(=O)O)cc2)cc1. The lowest BCUT2D eigenvalue weighted by Crippen LogP contribution is -2.43. The molecule has 38 heavy (non-hydrogen) atoms. The minimum absolute atomic E-state index is 0.0809. The van der Waals surface area contributed by atoms with Crippen molar-refractivity contribution < 1.29 is 32.9 Å². The van der Waals surface area contributed by atoms with E-state index in [0.717, 1.165) is 16.6 Å². The fraction of sp³-hybridized carbons (Fsp3) is 0.231. The van der Waals surface area contributed by atoms with E-state index < -0.39 is 28.1 Å². The highest BCUT2D eigenvalue weighted by Gasteiger charge is 2.28. The Labute approximate surface area is 224 Å². The molecule has 4 aromatic rings. The number of hydrogen-bond acceptors (Lipinski definition) is 8. The topological polar surface area (TPSA) is 151 Å². The number of methoxy groups -OCH3 is 2. The number of nitrogens with one attached hydrogen (secondary N) is 2. The van der Waals surface area contributed by atoms with E-state index in [2.05, 4.69) is 14.7 Å². The molecule has 4 rings (SSSR count). The molecule has 0 bridgehead atoms. The minimum Gasteiger partial charge on any atom is -0.497 e. The Morgan fingerprint density at radius 1 is 1.00 bits per heavy atom. The first-order valence-electron chi connectivity index (χ1n) is 11.5. The highest BCUT2D eigenvalue weighted by molar-refractivity contribution is 7.99. The van der Waals surface area contributed by atoms with Crippen molar-refractivity contribution in [2.75, 3.05) is 20.0 Å². The van der Waals surface area contributed by atoms with E-state index in [1.54, 1.807) is 50.6 Å². The zero-order valence-electron chi connectivity index (χ0n) is 20.6. The second-order valence-electron chi connectivity index (χ2n) is 8.39. The number of nitrogens with zero attached hydrogens (tertiary/aromatic N) is 1. The van der Waals surface area contributed by atoms with Crippen molar-refractivity contribution in [2.45, 2.75) is 28.6 Å². The van der Waals surface area contributed by atoms with Crippen LogP contribution in [0.3, 0.4) is 0 Å². The molecule has 0 saturated heterocycles. The Bertz CT molecular complexity index is 1500. The number of aliphatic hydroxyl groups is 1. The number of fused-ring (bicyclic) bond motifs is 1. The molecule has 0 saturated carbocycles. The number of imidazole rings is 1. The van der Waals surface area contributed by atoms with Crippen LogP contribution >= 0.6 is 11.8 Å². The maximum absolute atomic E-state index is 12.9. The summed E-state index contributed by atoms with van der Waals surface area (Å²) in [6, 6.07) is 17.3. The first kappa shape index (κ1) is 27.5. The van der Waals surface area contributed by atoms with E-state index in [1.807, 2.05) is 18.2 Å². The van der Waals surface area contributed by atoms with Crippen LogP contribution in [0, 0.1) is 0 Å². The number of carboxylic acids is 1. The van der Waals surface area contributed by atoms with Crippen molar-refractivity contribution in [2.24, 2.45) is 0 Å². The van der Waals surface area contributed by atoms with Gasteiger partial charge in [0.1, 0.15) is 17.5 Å². The van der Waals surface area contributed by atoms with Crippen molar-refractivity contribution in [3.05, 3.63) is 66.7 Å². The van der Waals surface area contributed by atoms with E-state index in [-0.39, 0.29) is 17.1 Å². The van der Waals surface area contributed by atoms with Crippen LogP contribution in [0.4, 0.5) is 0 Å². The maximum Gasteiger partial charge on any atom is 0.321 e.